The van der Waals surface area contributed by atoms with Crippen LogP contribution in [0.25, 0.3) is 0 Å². The first kappa shape index (κ1) is 17.7. The van der Waals surface area contributed by atoms with E-state index in [2.05, 4.69) is 5.16 Å². The molecule has 1 aromatic carbocycles. The molecule has 1 amide bonds. The summed E-state index contributed by atoms with van der Waals surface area (Å²) in [4.78, 5) is 11.9. The number of sulfonamides is 1. The summed E-state index contributed by atoms with van der Waals surface area (Å²) in [7, 11) is -3.87. The van der Waals surface area contributed by atoms with Crippen molar-refractivity contribution in [3.8, 4) is 6.07 Å². The number of carbonyl (C=O) groups is 1. The van der Waals surface area contributed by atoms with Gasteiger partial charge in [0, 0.05) is 12.0 Å². The van der Waals surface area contributed by atoms with E-state index in [0.29, 0.717) is 23.4 Å². The van der Waals surface area contributed by atoms with Gasteiger partial charge in [-0.3, -0.25) is 9.52 Å². The predicted octanol–water partition coefficient (Wildman–Crippen LogP) is 1.74. The van der Waals surface area contributed by atoms with E-state index in [1.54, 1.807) is 32.0 Å². The van der Waals surface area contributed by atoms with E-state index >= 15 is 0 Å². The summed E-state index contributed by atoms with van der Waals surface area (Å²) < 4.78 is 31.2. The van der Waals surface area contributed by atoms with Gasteiger partial charge in [-0.1, -0.05) is 23.4 Å². The molecule has 7 nitrogen and oxygen atoms in total. The maximum Gasteiger partial charge on any atom is 0.239 e. The Labute approximate surface area is 140 Å². The number of nitriles is 1. The second-order valence-corrected chi connectivity index (χ2v) is 7.08. The average Bonchev–Trinajstić information content (AvgIpc) is 2.83. The number of aromatic nitrogens is 1. The van der Waals surface area contributed by atoms with Gasteiger partial charge in [-0.2, -0.15) is 5.26 Å². The molecule has 0 aliphatic rings. The Hall–Kier alpha value is -2.66. The number of aryl methyl sites for hydroxylation is 2. The lowest BCUT2D eigenvalue weighted by Gasteiger charge is -2.08. The van der Waals surface area contributed by atoms with E-state index in [4.69, 9.17) is 9.78 Å². The Morgan fingerprint density at radius 2 is 2.04 bits per heavy atom. The molecule has 0 bridgehead atoms. The lowest BCUT2D eigenvalue weighted by molar-refractivity contribution is -0.119. The van der Waals surface area contributed by atoms with E-state index in [1.165, 1.54) is 6.07 Å². The highest BCUT2D eigenvalue weighted by Crippen LogP contribution is 2.15. The molecule has 0 unspecified atom stereocenters. The largest absolute Gasteiger partial charge is 0.361 e. The van der Waals surface area contributed by atoms with Crippen molar-refractivity contribution >= 4 is 15.9 Å². The monoisotopic (exact) mass is 347 g/mol. The van der Waals surface area contributed by atoms with E-state index in [0.717, 1.165) is 5.56 Å². The number of benzene rings is 1. The molecule has 0 radical (unpaired) electrons. The van der Waals surface area contributed by atoms with Crippen LogP contribution in [0.4, 0.5) is 0 Å². The smallest absolute Gasteiger partial charge is 0.239 e. The van der Waals surface area contributed by atoms with Crippen molar-refractivity contribution in [2.75, 3.05) is 0 Å². The molecule has 0 saturated heterocycles. The number of nitrogens with zero attached hydrogens (tertiary/aromatic N) is 2. The Kier molecular flexibility index (Phi) is 5.36. The Morgan fingerprint density at radius 3 is 2.67 bits per heavy atom. The molecule has 2 rings (SSSR count). The van der Waals surface area contributed by atoms with Gasteiger partial charge in [-0.25, -0.2) is 8.42 Å². The zero-order valence-corrected chi connectivity index (χ0v) is 14.2. The van der Waals surface area contributed by atoms with Crippen LogP contribution >= 0.6 is 0 Å². The molecule has 0 saturated carbocycles. The topological polar surface area (TPSA) is 113 Å². The Balaban J connectivity index is 1.99. The van der Waals surface area contributed by atoms with Crippen LogP contribution in [0.1, 0.15) is 34.6 Å². The maximum absolute atomic E-state index is 12.1. The molecule has 0 spiro atoms. The van der Waals surface area contributed by atoms with Gasteiger partial charge < -0.3 is 4.52 Å². The third kappa shape index (κ3) is 4.43. The minimum atomic E-state index is -3.87. The van der Waals surface area contributed by atoms with Crippen LogP contribution in [0.15, 0.2) is 28.8 Å². The van der Waals surface area contributed by atoms with Crippen molar-refractivity contribution in [3.63, 3.8) is 0 Å². The summed E-state index contributed by atoms with van der Waals surface area (Å²) in [6.07, 6.45) is 0.347. The lowest BCUT2D eigenvalue weighted by atomic mass is 10.1. The number of hydrogen-bond acceptors (Lipinski definition) is 6. The van der Waals surface area contributed by atoms with Crippen LogP contribution < -0.4 is 4.72 Å². The quantitative estimate of drug-likeness (QED) is 0.851. The molecule has 8 heteroatoms. The minimum absolute atomic E-state index is 0.00200. The summed E-state index contributed by atoms with van der Waals surface area (Å²) in [5.41, 5.74) is 2.11. The van der Waals surface area contributed by atoms with Crippen LogP contribution in [-0.4, -0.2) is 19.5 Å². The van der Waals surface area contributed by atoms with Gasteiger partial charge in [-0.05, 0) is 31.9 Å². The van der Waals surface area contributed by atoms with Crippen LogP contribution in [0.5, 0.6) is 0 Å². The maximum atomic E-state index is 12.1. The third-order valence-corrected chi connectivity index (χ3v) is 4.77. The zero-order chi connectivity index (χ0) is 17.7. The van der Waals surface area contributed by atoms with Gasteiger partial charge in [0.2, 0.25) is 15.9 Å². The summed E-state index contributed by atoms with van der Waals surface area (Å²) in [6, 6.07) is 8.31. The van der Waals surface area contributed by atoms with E-state index < -0.39 is 21.7 Å². The van der Waals surface area contributed by atoms with Crippen LogP contribution in [-0.2, 0) is 27.0 Å². The molecular formula is C16H17N3O4S. The van der Waals surface area contributed by atoms with E-state index in [1.807, 2.05) is 10.8 Å². The lowest BCUT2D eigenvalue weighted by Crippen LogP contribution is -2.32. The van der Waals surface area contributed by atoms with E-state index in [-0.39, 0.29) is 12.0 Å². The summed E-state index contributed by atoms with van der Waals surface area (Å²) >= 11 is 0. The van der Waals surface area contributed by atoms with Crippen LogP contribution in [0, 0.1) is 25.2 Å². The van der Waals surface area contributed by atoms with E-state index in [9.17, 15) is 13.2 Å². The van der Waals surface area contributed by atoms with Crippen LogP contribution in [0.3, 0.4) is 0 Å². The highest BCUT2D eigenvalue weighted by molar-refractivity contribution is 7.89. The second kappa shape index (κ2) is 7.27. The van der Waals surface area contributed by atoms with Crippen molar-refractivity contribution in [2.45, 2.75) is 32.4 Å². The molecule has 1 N–H and O–H groups in total. The first-order chi connectivity index (χ1) is 11.3. The van der Waals surface area contributed by atoms with Gasteiger partial charge in [0.25, 0.3) is 0 Å². The van der Waals surface area contributed by atoms with Crippen LogP contribution in [0.2, 0.25) is 0 Å². The zero-order valence-electron chi connectivity index (χ0n) is 13.4. The SMILES string of the molecule is Cc1noc(C)c1CCC(=O)NS(=O)(=O)Cc1ccccc1C#N. The molecule has 1 heterocycles. The number of rotatable bonds is 6. The molecule has 0 atom stereocenters. The van der Waals surface area contributed by atoms with Crippen molar-refractivity contribution in [1.29, 1.82) is 5.26 Å². The molecule has 2 aromatic rings. The molecular weight excluding hydrogens is 330 g/mol. The molecule has 0 fully saturated rings. The first-order valence-electron chi connectivity index (χ1n) is 7.25. The molecule has 24 heavy (non-hydrogen) atoms. The molecule has 0 aliphatic carbocycles. The molecule has 126 valence electrons. The molecule has 0 aliphatic heterocycles. The number of nitrogens with one attached hydrogen (secondary N) is 1. The predicted molar refractivity (Wildman–Crippen MR) is 86.2 cm³/mol. The summed E-state index contributed by atoms with van der Waals surface area (Å²) in [5, 5.41) is 12.8. The first-order valence-corrected chi connectivity index (χ1v) is 8.90. The number of hydrogen-bond donors (Lipinski definition) is 1. The highest BCUT2D eigenvalue weighted by atomic mass is 32.2. The van der Waals surface area contributed by atoms with Gasteiger partial charge in [0.15, 0.2) is 0 Å². The standard InChI is InChI=1S/C16H17N3O4S/c1-11-15(12(2)23-18-11)7-8-16(20)19-24(21,22)10-14-6-4-3-5-13(14)9-17/h3-6H,7-8,10H2,1-2H3,(H,19,20). The van der Waals surface area contributed by atoms with Crippen molar-refractivity contribution in [2.24, 2.45) is 0 Å². The van der Waals surface area contributed by atoms with Crippen molar-refractivity contribution in [1.82, 2.24) is 9.88 Å². The van der Waals surface area contributed by atoms with Gasteiger partial charge >= 0.3 is 0 Å². The fourth-order valence-electron chi connectivity index (χ4n) is 2.32. The van der Waals surface area contributed by atoms with Crippen molar-refractivity contribution < 1.29 is 17.7 Å². The molecule has 1 aromatic heterocycles. The summed E-state index contributed by atoms with van der Waals surface area (Å²) in [5.74, 6) is -0.413. The fourth-order valence-corrected chi connectivity index (χ4v) is 3.50. The fraction of sp³-hybridized carbons (Fsp3) is 0.312. The average molecular weight is 347 g/mol. The number of carbonyl (C=O) groups excluding carboxylic acids is 1. The van der Waals surface area contributed by atoms with Gasteiger partial charge in [-0.15, -0.1) is 0 Å². The third-order valence-electron chi connectivity index (χ3n) is 3.54. The minimum Gasteiger partial charge on any atom is -0.361 e. The highest BCUT2D eigenvalue weighted by Gasteiger charge is 2.18. The number of amides is 1. The second-order valence-electron chi connectivity index (χ2n) is 5.36. The Morgan fingerprint density at radius 1 is 1.33 bits per heavy atom. The van der Waals surface area contributed by atoms with Gasteiger partial charge in [0.05, 0.1) is 23.1 Å². The Bertz CT molecular complexity index is 875. The summed E-state index contributed by atoms with van der Waals surface area (Å²) in [6.45, 7) is 3.50. The van der Waals surface area contributed by atoms with Crippen molar-refractivity contribution in [3.05, 3.63) is 52.4 Å². The van der Waals surface area contributed by atoms with Gasteiger partial charge in [0.1, 0.15) is 5.76 Å². The normalized spacial score (nSPS) is 11.0.